The zero-order chi connectivity index (χ0) is 14.4. The van der Waals surface area contributed by atoms with E-state index in [9.17, 15) is 18.3 Å². The highest BCUT2D eigenvalue weighted by Crippen LogP contribution is 2.25. The molecule has 6 nitrogen and oxygen atoms in total. The Morgan fingerprint density at radius 3 is 2.11 bits per heavy atom. The number of nitrogens with one attached hydrogen (secondary N) is 2. The van der Waals surface area contributed by atoms with Gasteiger partial charge in [0.05, 0.1) is 11.1 Å². The van der Waals surface area contributed by atoms with Crippen LogP contribution in [0.2, 0.25) is 0 Å². The van der Waals surface area contributed by atoms with Crippen LogP contribution in [0.15, 0.2) is 9.00 Å². The van der Waals surface area contributed by atoms with Gasteiger partial charge in [-0.05, 0) is 34.6 Å². The lowest BCUT2D eigenvalue weighted by molar-refractivity contribution is 0.00640. The highest BCUT2D eigenvalue weighted by Gasteiger charge is 2.39. The first-order valence-corrected chi connectivity index (χ1v) is 7.63. The summed E-state index contributed by atoms with van der Waals surface area (Å²) in [6.07, 6.45) is 0. The zero-order valence-corrected chi connectivity index (χ0v) is 12.6. The Hall–Kier alpha value is -0.700. The molecular formula is C10H18N2O4S2. The van der Waals surface area contributed by atoms with E-state index in [0.29, 0.717) is 17.0 Å². The average Bonchev–Trinajstić information content (AvgIpc) is 2.41. The molecule has 1 rings (SSSR count). The van der Waals surface area contributed by atoms with E-state index in [1.165, 1.54) is 20.8 Å². The number of rotatable bonds is 4. The van der Waals surface area contributed by atoms with Crippen molar-refractivity contribution in [2.24, 2.45) is 0 Å². The molecule has 0 saturated carbocycles. The van der Waals surface area contributed by atoms with Crippen LogP contribution in [0, 0.1) is 6.92 Å². The Morgan fingerprint density at radius 2 is 1.78 bits per heavy atom. The molecule has 0 radical (unpaired) electrons. The normalized spacial score (nSPS) is 13.9. The Balaban J connectivity index is 3.19. The number of aromatic nitrogens is 1. The van der Waals surface area contributed by atoms with Gasteiger partial charge in [-0.3, -0.25) is 4.79 Å². The zero-order valence-electron chi connectivity index (χ0n) is 11.0. The SMILES string of the molecule is Cc1[nH]c(=O)sc1S(=O)(=O)NC(C)(C)C(C)(C)O. The van der Waals surface area contributed by atoms with E-state index < -0.39 is 26.0 Å². The van der Waals surface area contributed by atoms with E-state index in [1.807, 2.05) is 0 Å². The number of thiazole rings is 1. The molecule has 104 valence electrons. The first-order valence-electron chi connectivity index (χ1n) is 5.33. The molecular weight excluding hydrogens is 276 g/mol. The number of hydrogen-bond acceptors (Lipinski definition) is 5. The molecule has 18 heavy (non-hydrogen) atoms. The molecule has 0 unspecified atom stereocenters. The molecule has 0 aliphatic carbocycles. The summed E-state index contributed by atoms with van der Waals surface area (Å²) < 4.78 is 26.7. The summed E-state index contributed by atoms with van der Waals surface area (Å²) in [7, 11) is -3.83. The molecule has 0 saturated heterocycles. The average molecular weight is 294 g/mol. The molecule has 0 aliphatic heterocycles. The third-order valence-electron chi connectivity index (χ3n) is 2.94. The van der Waals surface area contributed by atoms with Gasteiger partial charge in [-0.25, -0.2) is 13.1 Å². The van der Waals surface area contributed by atoms with Gasteiger partial charge in [0.25, 0.3) is 10.0 Å². The summed E-state index contributed by atoms with van der Waals surface area (Å²) >= 11 is 0.629. The van der Waals surface area contributed by atoms with Crippen molar-refractivity contribution in [1.29, 1.82) is 0 Å². The van der Waals surface area contributed by atoms with Gasteiger partial charge in [0.2, 0.25) is 0 Å². The Bertz CT molecular complexity index is 590. The van der Waals surface area contributed by atoms with Crippen molar-refractivity contribution in [2.45, 2.75) is 50.0 Å². The lowest BCUT2D eigenvalue weighted by Crippen LogP contribution is -2.57. The summed E-state index contributed by atoms with van der Waals surface area (Å²) in [6.45, 7) is 7.71. The lowest BCUT2D eigenvalue weighted by atomic mass is 9.87. The third kappa shape index (κ3) is 3.00. The molecule has 0 aromatic carbocycles. The van der Waals surface area contributed by atoms with E-state index in [0.717, 1.165) is 0 Å². The first kappa shape index (κ1) is 15.4. The van der Waals surface area contributed by atoms with Crippen LogP contribution < -0.4 is 9.60 Å². The van der Waals surface area contributed by atoms with E-state index in [1.54, 1.807) is 13.8 Å². The lowest BCUT2D eigenvalue weighted by Gasteiger charge is -2.37. The van der Waals surface area contributed by atoms with E-state index in [2.05, 4.69) is 9.71 Å². The largest absolute Gasteiger partial charge is 0.389 e. The van der Waals surface area contributed by atoms with Crippen LogP contribution in [0.4, 0.5) is 0 Å². The Morgan fingerprint density at radius 1 is 1.28 bits per heavy atom. The topological polar surface area (TPSA) is 99.3 Å². The monoisotopic (exact) mass is 294 g/mol. The van der Waals surface area contributed by atoms with Gasteiger partial charge in [0.1, 0.15) is 0 Å². The summed E-state index contributed by atoms with van der Waals surface area (Å²) in [5.41, 5.74) is -2.01. The standard InChI is InChI=1S/C10H18N2O4S2/c1-6-7(17-8(13)11-6)18(15,16)12-9(2,3)10(4,5)14/h12,14H,1-5H3,(H,11,13). The predicted molar refractivity (Wildman–Crippen MR) is 70.4 cm³/mol. The van der Waals surface area contributed by atoms with Gasteiger partial charge in [0.15, 0.2) is 4.21 Å². The van der Waals surface area contributed by atoms with Crippen molar-refractivity contribution in [3.8, 4) is 0 Å². The highest BCUT2D eigenvalue weighted by atomic mass is 32.2. The fourth-order valence-electron chi connectivity index (χ4n) is 1.15. The molecule has 0 atom stereocenters. The first-order chi connectivity index (χ1) is 7.87. The minimum absolute atomic E-state index is 0.0511. The summed E-state index contributed by atoms with van der Waals surface area (Å²) in [5, 5.41) is 9.94. The van der Waals surface area contributed by atoms with Crippen molar-refractivity contribution in [2.75, 3.05) is 0 Å². The van der Waals surface area contributed by atoms with Crippen molar-refractivity contribution in [1.82, 2.24) is 9.71 Å². The van der Waals surface area contributed by atoms with E-state index in [-0.39, 0.29) is 4.21 Å². The van der Waals surface area contributed by atoms with Crippen LogP contribution in [0.5, 0.6) is 0 Å². The smallest absolute Gasteiger partial charge is 0.305 e. The fraction of sp³-hybridized carbons (Fsp3) is 0.700. The maximum atomic E-state index is 12.2. The molecule has 1 heterocycles. The third-order valence-corrected chi connectivity index (χ3v) is 6.20. The van der Waals surface area contributed by atoms with Crippen LogP contribution >= 0.6 is 11.3 Å². The number of sulfonamides is 1. The van der Waals surface area contributed by atoms with Gasteiger partial charge < -0.3 is 10.1 Å². The van der Waals surface area contributed by atoms with Gasteiger partial charge >= 0.3 is 4.87 Å². The molecule has 0 amide bonds. The molecule has 3 N–H and O–H groups in total. The molecule has 0 fully saturated rings. The van der Waals surface area contributed by atoms with Crippen LogP contribution in [-0.4, -0.2) is 29.6 Å². The Kier molecular flexibility index (Phi) is 3.79. The number of aryl methyl sites for hydroxylation is 1. The van der Waals surface area contributed by atoms with Crippen molar-refractivity contribution in [3.05, 3.63) is 15.4 Å². The van der Waals surface area contributed by atoms with Crippen molar-refractivity contribution >= 4 is 21.4 Å². The second kappa shape index (κ2) is 4.44. The van der Waals surface area contributed by atoms with Crippen LogP contribution in [0.3, 0.4) is 0 Å². The van der Waals surface area contributed by atoms with Gasteiger partial charge in [-0.15, -0.1) is 0 Å². The molecule has 0 bridgehead atoms. The summed E-state index contributed by atoms with van der Waals surface area (Å²) in [4.78, 5) is 13.1. The second-order valence-corrected chi connectivity index (χ2v) is 8.08. The van der Waals surface area contributed by atoms with Gasteiger partial charge in [0, 0.05) is 5.69 Å². The maximum Gasteiger partial charge on any atom is 0.305 e. The summed E-state index contributed by atoms with van der Waals surface area (Å²) in [6, 6.07) is 0. The van der Waals surface area contributed by atoms with Crippen LogP contribution in [0.1, 0.15) is 33.4 Å². The number of aliphatic hydroxyl groups is 1. The fourth-order valence-corrected chi connectivity index (χ4v) is 3.99. The minimum atomic E-state index is -3.83. The molecule has 1 aromatic rings. The molecule has 8 heteroatoms. The van der Waals surface area contributed by atoms with E-state index >= 15 is 0 Å². The van der Waals surface area contributed by atoms with E-state index in [4.69, 9.17) is 0 Å². The molecule has 0 spiro atoms. The van der Waals surface area contributed by atoms with Crippen LogP contribution in [0.25, 0.3) is 0 Å². The highest BCUT2D eigenvalue weighted by molar-refractivity contribution is 7.91. The number of hydrogen-bond donors (Lipinski definition) is 3. The number of H-pyrrole nitrogens is 1. The molecule has 0 aliphatic rings. The molecule has 1 aromatic heterocycles. The minimum Gasteiger partial charge on any atom is -0.389 e. The van der Waals surface area contributed by atoms with Crippen molar-refractivity contribution in [3.63, 3.8) is 0 Å². The Labute approximate surface area is 110 Å². The number of aromatic amines is 1. The maximum absolute atomic E-state index is 12.2. The van der Waals surface area contributed by atoms with Crippen molar-refractivity contribution < 1.29 is 13.5 Å². The predicted octanol–water partition coefficient (Wildman–Crippen LogP) is 0.573. The van der Waals surface area contributed by atoms with Gasteiger partial charge in [-0.2, -0.15) is 0 Å². The second-order valence-electron chi connectivity index (χ2n) is 5.22. The van der Waals surface area contributed by atoms with Crippen LogP contribution in [-0.2, 0) is 10.0 Å². The van der Waals surface area contributed by atoms with Gasteiger partial charge in [-0.1, -0.05) is 11.3 Å². The quantitative estimate of drug-likeness (QED) is 0.756. The summed E-state index contributed by atoms with van der Waals surface area (Å²) in [5.74, 6) is 0.